The van der Waals surface area contributed by atoms with Crippen molar-refractivity contribution in [1.29, 1.82) is 0 Å². The van der Waals surface area contributed by atoms with Gasteiger partial charge >= 0.3 is 0 Å². The van der Waals surface area contributed by atoms with Gasteiger partial charge in [0.25, 0.3) is 0 Å². The highest BCUT2D eigenvalue weighted by molar-refractivity contribution is 8.00. The summed E-state index contributed by atoms with van der Waals surface area (Å²) in [5, 5.41) is 11.8. The number of hydrogen-bond donors (Lipinski definition) is 2. The van der Waals surface area contributed by atoms with Crippen molar-refractivity contribution in [2.75, 3.05) is 17.9 Å². The molecule has 0 aliphatic carbocycles. The van der Waals surface area contributed by atoms with E-state index in [-0.39, 0.29) is 18.6 Å². The fourth-order valence-electron chi connectivity index (χ4n) is 3.77. The third-order valence-electron chi connectivity index (χ3n) is 5.67. The Bertz CT molecular complexity index is 1290. The van der Waals surface area contributed by atoms with Gasteiger partial charge in [0, 0.05) is 5.69 Å². The van der Waals surface area contributed by atoms with Crippen molar-refractivity contribution < 1.29 is 14.3 Å². The Labute approximate surface area is 207 Å². The number of ether oxygens (including phenoxy) is 2. The quantitative estimate of drug-likeness (QED) is 0.395. The lowest BCUT2D eigenvalue weighted by Gasteiger charge is -2.33. The van der Waals surface area contributed by atoms with Gasteiger partial charge in [-0.15, -0.1) is 10.2 Å². The van der Waals surface area contributed by atoms with Crippen LogP contribution in [-0.4, -0.2) is 33.1 Å². The predicted molar refractivity (Wildman–Crippen MR) is 135 cm³/mol. The minimum atomic E-state index is -0.473. The molecule has 178 valence electrons. The Morgan fingerprint density at radius 1 is 1.00 bits per heavy atom. The van der Waals surface area contributed by atoms with Crippen LogP contribution in [0.5, 0.6) is 11.5 Å². The zero-order valence-corrected chi connectivity index (χ0v) is 20.2. The van der Waals surface area contributed by atoms with Crippen LogP contribution in [-0.2, 0) is 11.4 Å². The lowest BCUT2D eigenvalue weighted by atomic mass is 10.0. The normalized spacial score (nSPS) is 16.6. The highest BCUT2D eigenvalue weighted by Gasteiger charge is 2.38. The molecule has 3 aromatic carbocycles. The van der Waals surface area contributed by atoms with Crippen LogP contribution in [0, 0.1) is 6.92 Å². The van der Waals surface area contributed by atoms with Crippen molar-refractivity contribution >= 4 is 23.4 Å². The van der Waals surface area contributed by atoms with Crippen molar-refractivity contribution in [3.63, 3.8) is 0 Å². The molecule has 2 N–H and O–H groups in total. The first-order valence-corrected chi connectivity index (χ1v) is 12.1. The maximum atomic E-state index is 13.4. The van der Waals surface area contributed by atoms with Gasteiger partial charge in [-0.1, -0.05) is 59.8 Å². The van der Waals surface area contributed by atoms with E-state index in [2.05, 4.69) is 20.9 Å². The molecule has 0 bridgehead atoms. The number of fused-ring (bicyclic) bond motifs is 1. The molecule has 0 saturated carbocycles. The van der Waals surface area contributed by atoms with Gasteiger partial charge < -0.3 is 20.2 Å². The van der Waals surface area contributed by atoms with E-state index in [1.165, 1.54) is 11.8 Å². The number of carbonyl (C=O) groups excluding carboxylic acids is 1. The second kappa shape index (κ2) is 10.1. The maximum Gasteiger partial charge on any atom is 0.240 e. The van der Waals surface area contributed by atoms with Crippen LogP contribution < -0.4 is 20.2 Å². The summed E-state index contributed by atoms with van der Waals surface area (Å²) >= 11 is 1.38. The Balaban J connectivity index is 1.40. The number of nitrogens with zero attached hydrogens (tertiary/aromatic N) is 3. The van der Waals surface area contributed by atoms with Crippen LogP contribution >= 0.6 is 11.8 Å². The summed E-state index contributed by atoms with van der Waals surface area (Å²) < 4.78 is 12.9. The van der Waals surface area contributed by atoms with Crippen molar-refractivity contribution in [3.8, 4) is 11.5 Å². The predicted octanol–water partition coefficient (Wildman–Crippen LogP) is 4.57. The Morgan fingerprint density at radius 2 is 1.74 bits per heavy atom. The third-order valence-corrected chi connectivity index (χ3v) is 6.88. The summed E-state index contributed by atoms with van der Waals surface area (Å²) in [6, 6.07) is 24.7. The number of aryl methyl sites for hydroxylation is 1. The highest BCUT2D eigenvalue weighted by atomic mass is 32.2. The Morgan fingerprint density at radius 3 is 2.46 bits per heavy atom. The average molecular weight is 488 g/mol. The third kappa shape index (κ3) is 5.09. The molecule has 0 fully saturated rings. The molecule has 1 aromatic heterocycles. The van der Waals surface area contributed by atoms with Crippen LogP contribution in [0.15, 0.2) is 84.0 Å². The summed E-state index contributed by atoms with van der Waals surface area (Å²) in [5.74, 6) is 1.98. The molecule has 2 atom stereocenters. The number of methoxy groups -OCH3 is 1. The van der Waals surface area contributed by atoms with E-state index in [0.717, 1.165) is 22.6 Å². The van der Waals surface area contributed by atoms with Gasteiger partial charge in [0.15, 0.2) is 5.82 Å². The van der Waals surface area contributed by atoms with Gasteiger partial charge in [-0.25, -0.2) is 4.68 Å². The largest absolute Gasteiger partial charge is 0.497 e. The number of amides is 1. The van der Waals surface area contributed by atoms with Gasteiger partial charge in [0.2, 0.25) is 11.1 Å². The molecule has 1 aliphatic rings. The van der Waals surface area contributed by atoms with E-state index < -0.39 is 5.25 Å². The average Bonchev–Trinajstić information content (AvgIpc) is 3.30. The zero-order chi connectivity index (χ0) is 24.2. The van der Waals surface area contributed by atoms with Crippen LogP contribution in [0.4, 0.5) is 5.69 Å². The van der Waals surface area contributed by atoms with Gasteiger partial charge in [-0.3, -0.25) is 4.79 Å². The molecular weight excluding hydrogens is 462 g/mol. The number of nitrogens with one attached hydrogen (secondary N) is 2. The number of para-hydroxylation sites is 1. The molecule has 5 rings (SSSR count). The minimum Gasteiger partial charge on any atom is -0.497 e. The number of carbonyl (C=O) groups is 1. The van der Waals surface area contributed by atoms with Crippen molar-refractivity contribution in [2.24, 2.45) is 0 Å². The smallest absolute Gasteiger partial charge is 0.240 e. The van der Waals surface area contributed by atoms with E-state index >= 15 is 0 Å². The number of benzene rings is 3. The standard InChI is InChI=1S/C26H25N5O3S/c1-17-8-10-18(11-9-17)23-24(25(32)27-19-12-14-20(33-2)15-13-19)35-26-29-28-22(31(26)30-23)16-34-21-6-4-3-5-7-21/h3-15,23-24,30H,16H2,1-2H3,(H,27,32)/t23-,24+/m0/s1. The highest BCUT2D eigenvalue weighted by Crippen LogP contribution is 2.38. The monoisotopic (exact) mass is 487 g/mol. The van der Waals surface area contributed by atoms with Crippen LogP contribution in [0.2, 0.25) is 0 Å². The molecule has 0 radical (unpaired) electrons. The van der Waals surface area contributed by atoms with E-state index in [1.54, 1.807) is 7.11 Å². The van der Waals surface area contributed by atoms with E-state index in [4.69, 9.17) is 9.47 Å². The van der Waals surface area contributed by atoms with Crippen molar-refractivity contribution in [1.82, 2.24) is 14.9 Å². The lowest BCUT2D eigenvalue weighted by molar-refractivity contribution is -0.116. The number of rotatable bonds is 7. The Hall–Kier alpha value is -3.98. The second-order valence-electron chi connectivity index (χ2n) is 8.11. The number of aromatic nitrogens is 3. The molecule has 0 saturated heterocycles. The first-order chi connectivity index (χ1) is 17.1. The molecule has 1 amide bonds. The van der Waals surface area contributed by atoms with Gasteiger partial charge in [-0.05, 0) is 48.9 Å². The summed E-state index contributed by atoms with van der Waals surface area (Å²) in [5.41, 5.74) is 6.30. The molecular formula is C26H25N5O3S. The molecule has 35 heavy (non-hydrogen) atoms. The van der Waals surface area contributed by atoms with Crippen LogP contribution in [0.3, 0.4) is 0 Å². The van der Waals surface area contributed by atoms with E-state index in [9.17, 15) is 4.79 Å². The first-order valence-electron chi connectivity index (χ1n) is 11.2. The molecule has 8 nitrogen and oxygen atoms in total. The Kier molecular flexibility index (Phi) is 6.58. The fourth-order valence-corrected chi connectivity index (χ4v) is 4.87. The number of anilines is 1. The number of hydrogen-bond acceptors (Lipinski definition) is 7. The SMILES string of the molecule is COc1ccc(NC(=O)[C@@H]2Sc3nnc(COc4ccccc4)n3N[C@H]2c2ccc(C)cc2)cc1. The molecule has 0 unspecified atom stereocenters. The molecule has 0 spiro atoms. The van der Waals surface area contributed by atoms with E-state index in [1.807, 2.05) is 90.5 Å². The molecule has 9 heteroatoms. The van der Waals surface area contributed by atoms with E-state index in [0.29, 0.717) is 16.7 Å². The topological polar surface area (TPSA) is 90.3 Å². The lowest BCUT2D eigenvalue weighted by Crippen LogP contribution is -2.41. The van der Waals surface area contributed by atoms with Crippen LogP contribution in [0.1, 0.15) is 23.0 Å². The van der Waals surface area contributed by atoms with Gasteiger partial charge in [0.05, 0.1) is 13.2 Å². The van der Waals surface area contributed by atoms with Crippen molar-refractivity contribution in [2.45, 2.75) is 30.0 Å². The summed E-state index contributed by atoms with van der Waals surface area (Å²) in [6.45, 7) is 2.28. The maximum absolute atomic E-state index is 13.4. The second-order valence-corrected chi connectivity index (χ2v) is 9.22. The van der Waals surface area contributed by atoms with Crippen LogP contribution in [0.25, 0.3) is 0 Å². The van der Waals surface area contributed by atoms with Gasteiger partial charge in [0.1, 0.15) is 23.4 Å². The first kappa shape index (κ1) is 22.8. The molecule has 2 heterocycles. The summed E-state index contributed by atoms with van der Waals surface area (Å²) in [4.78, 5) is 13.4. The summed E-state index contributed by atoms with van der Waals surface area (Å²) in [7, 11) is 1.61. The molecule has 4 aromatic rings. The van der Waals surface area contributed by atoms with Crippen molar-refractivity contribution in [3.05, 3.63) is 95.8 Å². The summed E-state index contributed by atoms with van der Waals surface area (Å²) in [6.07, 6.45) is 0. The van der Waals surface area contributed by atoms with Gasteiger partial charge in [-0.2, -0.15) is 0 Å². The zero-order valence-electron chi connectivity index (χ0n) is 19.3. The number of thioether (sulfide) groups is 1. The minimum absolute atomic E-state index is 0.130. The molecule has 1 aliphatic heterocycles. The fraction of sp³-hybridized carbons (Fsp3) is 0.192.